The molecule has 3 atom stereocenters. The Morgan fingerprint density at radius 1 is 1.47 bits per heavy atom. The minimum atomic E-state index is -4.33. The van der Waals surface area contributed by atoms with Crippen LogP contribution >= 0.6 is 0 Å². The molecule has 0 saturated carbocycles. The fourth-order valence-electron chi connectivity index (χ4n) is 1.90. The minimum absolute atomic E-state index is 0.129. The smallest absolute Gasteiger partial charge is 0.401 e. The van der Waals surface area contributed by atoms with Crippen molar-refractivity contribution in [3.63, 3.8) is 0 Å². The van der Waals surface area contributed by atoms with Gasteiger partial charge < -0.3 is 9.47 Å². The lowest BCUT2D eigenvalue weighted by atomic mass is 10.0. The van der Waals surface area contributed by atoms with Crippen LogP contribution in [0.2, 0.25) is 0 Å². The molecule has 1 fully saturated rings. The molecule has 0 spiro atoms. The Morgan fingerprint density at radius 3 is 2.58 bits per heavy atom. The Labute approximate surface area is 110 Å². The van der Waals surface area contributed by atoms with E-state index in [1.165, 1.54) is 14.0 Å². The van der Waals surface area contributed by atoms with Crippen molar-refractivity contribution < 1.29 is 27.4 Å². The number of halogens is 3. The number of carbonyl (C=O) groups is 1. The summed E-state index contributed by atoms with van der Waals surface area (Å²) in [6, 6.07) is -0.925. The number of hydrogen-bond acceptors (Lipinski definition) is 4. The van der Waals surface area contributed by atoms with Crippen LogP contribution in [0, 0.1) is 5.92 Å². The highest BCUT2D eigenvalue weighted by atomic mass is 19.4. The molecule has 0 unspecified atom stereocenters. The average molecular weight is 283 g/mol. The van der Waals surface area contributed by atoms with Crippen molar-refractivity contribution in [2.24, 2.45) is 5.92 Å². The number of alkyl halides is 3. The lowest BCUT2D eigenvalue weighted by Gasteiger charge is -2.26. The van der Waals surface area contributed by atoms with Crippen LogP contribution in [0.1, 0.15) is 20.3 Å². The summed E-state index contributed by atoms with van der Waals surface area (Å²) in [4.78, 5) is 12.7. The average Bonchev–Trinajstić information content (AvgIpc) is 2.78. The molecule has 1 rings (SSSR count). The number of rotatable bonds is 5. The molecule has 0 aromatic carbocycles. The van der Waals surface area contributed by atoms with Crippen LogP contribution in [0.5, 0.6) is 0 Å². The number of nitrogens with zero attached hydrogens (tertiary/aromatic N) is 1. The zero-order chi connectivity index (χ0) is 14.6. The second-order valence-electron chi connectivity index (χ2n) is 4.97. The Balaban J connectivity index is 2.43. The molecule has 0 radical (unpaired) electrons. The van der Waals surface area contributed by atoms with Gasteiger partial charge >= 0.3 is 12.1 Å². The molecule has 1 heterocycles. The summed E-state index contributed by atoms with van der Waals surface area (Å²) in [6.45, 7) is 3.18. The molecule has 1 aliphatic rings. The molecule has 0 aromatic rings. The molecule has 4 nitrogen and oxygen atoms in total. The van der Waals surface area contributed by atoms with E-state index in [0.717, 1.165) is 11.3 Å². The van der Waals surface area contributed by atoms with Crippen molar-refractivity contribution in [1.82, 2.24) is 4.90 Å². The van der Waals surface area contributed by atoms with Gasteiger partial charge in [0.05, 0.1) is 13.2 Å². The molecule has 0 bridgehead atoms. The van der Waals surface area contributed by atoms with Crippen molar-refractivity contribution in [2.45, 2.75) is 38.6 Å². The van der Waals surface area contributed by atoms with E-state index in [2.05, 4.69) is 0 Å². The van der Waals surface area contributed by atoms with Gasteiger partial charge in [-0.25, -0.2) is 0 Å². The molecule has 0 aliphatic carbocycles. The van der Waals surface area contributed by atoms with Gasteiger partial charge in [0.1, 0.15) is 12.1 Å². The first kappa shape index (κ1) is 16.2. The zero-order valence-electron chi connectivity index (χ0n) is 11.4. The number of carbonyl (C=O) groups excluding carboxylic acids is 1. The highest BCUT2D eigenvalue weighted by Gasteiger charge is 2.34. The Hall–Kier alpha value is -0.820. The number of likely N-dealkylation sites (N-methyl/N-ethyl adjacent to an activating group) is 1. The van der Waals surface area contributed by atoms with E-state index in [-0.39, 0.29) is 12.0 Å². The minimum Gasteiger partial charge on any atom is -0.461 e. The monoisotopic (exact) mass is 283 g/mol. The lowest BCUT2D eigenvalue weighted by Crippen LogP contribution is -2.43. The summed E-state index contributed by atoms with van der Waals surface area (Å²) in [7, 11) is 1.25. The van der Waals surface area contributed by atoms with Gasteiger partial charge in [-0.3, -0.25) is 9.69 Å². The lowest BCUT2D eigenvalue weighted by molar-refractivity contribution is -0.166. The van der Waals surface area contributed by atoms with Gasteiger partial charge in [-0.05, 0) is 27.3 Å². The third-order valence-electron chi connectivity index (χ3n) is 3.36. The Kier molecular flexibility index (Phi) is 5.61. The predicted molar refractivity (Wildman–Crippen MR) is 62.6 cm³/mol. The van der Waals surface area contributed by atoms with E-state index in [9.17, 15) is 18.0 Å². The molecule has 112 valence electrons. The number of hydrogen-bond donors (Lipinski definition) is 0. The van der Waals surface area contributed by atoms with Crippen LogP contribution in [0.3, 0.4) is 0 Å². The van der Waals surface area contributed by atoms with Crippen molar-refractivity contribution in [3.8, 4) is 0 Å². The largest absolute Gasteiger partial charge is 0.461 e. The maximum atomic E-state index is 12.2. The van der Waals surface area contributed by atoms with Crippen molar-refractivity contribution in [1.29, 1.82) is 0 Å². The van der Waals surface area contributed by atoms with Crippen molar-refractivity contribution in [2.75, 3.05) is 26.8 Å². The second-order valence-corrected chi connectivity index (χ2v) is 4.97. The van der Waals surface area contributed by atoms with Gasteiger partial charge in [-0.15, -0.1) is 0 Å². The first-order chi connectivity index (χ1) is 8.70. The fourth-order valence-corrected chi connectivity index (χ4v) is 1.90. The van der Waals surface area contributed by atoms with E-state index >= 15 is 0 Å². The van der Waals surface area contributed by atoms with E-state index in [4.69, 9.17) is 9.47 Å². The van der Waals surface area contributed by atoms with Gasteiger partial charge in [0.2, 0.25) is 0 Å². The first-order valence-electron chi connectivity index (χ1n) is 6.26. The van der Waals surface area contributed by atoms with Crippen LogP contribution < -0.4 is 0 Å². The van der Waals surface area contributed by atoms with Crippen LogP contribution in [0.4, 0.5) is 13.2 Å². The molecule has 0 N–H and O–H groups in total. The standard InChI is InChI=1S/C12H20F3NO3/c1-8(16(3)7-12(13,14)15)11(17)19-9(2)10-4-5-18-6-10/h8-10H,4-7H2,1-3H3/t8-,9-,10+/m0/s1. The first-order valence-corrected chi connectivity index (χ1v) is 6.26. The van der Waals surface area contributed by atoms with Crippen LogP contribution in [-0.4, -0.2) is 56.0 Å². The maximum absolute atomic E-state index is 12.2. The van der Waals surface area contributed by atoms with Gasteiger partial charge in [0, 0.05) is 12.5 Å². The van der Waals surface area contributed by atoms with E-state index in [1.54, 1.807) is 6.92 Å². The highest BCUT2D eigenvalue weighted by Crippen LogP contribution is 2.21. The summed E-state index contributed by atoms with van der Waals surface area (Å²) in [5.74, 6) is -0.504. The van der Waals surface area contributed by atoms with E-state index in [0.29, 0.717) is 13.2 Å². The summed E-state index contributed by atoms with van der Waals surface area (Å²) >= 11 is 0. The van der Waals surface area contributed by atoms with Gasteiger partial charge in [-0.2, -0.15) is 13.2 Å². The Bertz CT molecular complexity index is 303. The summed E-state index contributed by atoms with van der Waals surface area (Å²) in [5, 5.41) is 0. The molecular weight excluding hydrogens is 263 g/mol. The second kappa shape index (κ2) is 6.56. The summed E-state index contributed by atoms with van der Waals surface area (Å²) in [6.07, 6.45) is -3.85. The molecule has 1 saturated heterocycles. The third-order valence-corrected chi connectivity index (χ3v) is 3.36. The van der Waals surface area contributed by atoms with Crippen molar-refractivity contribution >= 4 is 5.97 Å². The van der Waals surface area contributed by atoms with Gasteiger partial charge in [0.25, 0.3) is 0 Å². The normalized spacial score (nSPS) is 23.4. The summed E-state index contributed by atoms with van der Waals surface area (Å²) < 4.78 is 47.1. The summed E-state index contributed by atoms with van der Waals surface area (Å²) in [5.41, 5.74) is 0. The van der Waals surface area contributed by atoms with E-state index < -0.39 is 24.7 Å². The molecular formula is C12H20F3NO3. The Morgan fingerprint density at radius 2 is 2.11 bits per heavy atom. The van der Waals surface area contributed by atoms with Gasteiger partial charge in [0.15, 0.2) is 0 Å². The topological polar surface area (TPSA) is 38.8 Å². The molecule has 0 amide bonds. The molecule has 0 aromatic heterocycles. The third kappa shape index (κ3) is 5.36. The van der Waals surface area contributed by atoms with Crippen molar-refractivity contribution in [3.05, 3.63) is 0 Å². The number of ether oxygens (including phenoxy) is 2. The van der Waals surface area contributed by atoms with Crippen LogP contribution in [-0.2, 0) is 14.3 Å². The quantitative estimate of drug-likeness (QED) is 0.722. The fraction of sp³-hybridized carbons (Fsp3) is 0.917. The highest BCUT2D eigenvalue weighted by molar-refractivity contribution is 5.75. The molecule has 7 heteroatoms. The predicted octanol–water partition coefficient (Wildman–Crippen LogP) is 1.84. The van der Waals surface area contributed by atoms with Crippen LogP contribution in [0.25, 0.3) is 0 Å². The van der Waals surface area contributed by atoms with Crippen LogP contribution in [0.15, 0.2) is 0 Å². The SMILES string of the molecule is C[C@H](OC(=O)[C@H](C)N(C)CC(F)(F)F)[C@@H]1CCOC1. The molecule has 1 aliphatic heterocycles. The van der Waals surface area contributed by atoms with E-state index in [1.807, 2.05) is 0 Å². The number of esters is 1. The zero-order valence-corrected chi connectivity index (χ0v) is 11.4. The molecule has 19 heavy (non-hydrogen) atoms. The van der Waals surface area contributed by atoms with Gasteiger partial charge in [-0.1, -0.05) is 0 Å². The maximum Gasteiger partial charge on any atom is 0.401 e.